The van der Waals surface area contributed by atoms with Crippen LogP contribution in [0.4, 0.5) is 5.13 Å². The standard InChI is InChI=1S/C29H32N4O4S/c1-5-20(29(15-16-29)27(35)37-4)11-7-6-8-14-25-32-33-28(38-25)31-26(34)23-18-30-19(2)17-22(23)21-12-9-10-13-24(21)36-3/h5,7,9-13,17-18H,6,8,14-16H2,1-4H3,(H,31,33,34)/b11-7-,20-5+. The van der Waals surface area contributed by atoms with E-state index >= 15 is 0 Å². The minimum atomic E-state index is -0.454. The van der Waals surface area contributed by atoms with Crippen LogP contribution in [-0.2, 0) is 16.0 Å². The highest BCUT2D eigenvalue weighted by Gasteiger charge is 2.52. The van der Waals surface area contributed by atoms with E-state index in [2.05, 4.69) is 26.6 Å². The third-order valence-corrected chi connectivity index (χ3v) is 7.52. The smallest absolute Gasteiger partial charge is 0.316 e. The molecule has 0 saturated heterocycles. The Labute approximate surface area is 226 Å². The normalized spacial score (nSPS) is 14.4. The molecule has 2 aromatic heterocycles. The van der Waals surface area contributed by atoms with Crippen LogP contribution in [0.1, 0.15) is 53.7 Å². The van der Waals surface area contributed by atoms with Crippen molar-refractivity contribution in [2.45, 2.75) is 46.0 Å². The number of rotatable bonds is 11. The lowest BCUT2D eigenvalue weighted by atomic mass is 9.94. The summed E-state index contributed by atoms with van der Waals surface area (Å²) in [5, 5.41) is 12.6. The maximum Gasteiger partial charge on any atom is 0.316 e. The second-order valence-corrected chi connectivity index (χ2v) is 10.2. The molecule has 0 atom stereocenters. The topological polar surface area (TPSA) is 103 Å². The summed E-state index contributed by atoms with van der Waals surface area (Å²) < 4.78 is 10.5. The molecule has 4 rings (SSSR count). The molecule has 1 aliphatic rings. The largest absolute Gasteiger partial charge is 0.496 e. The number of hydrogen-bond acceptors (Lipinski definition) is 8. The van der Waals surface area contributed by atoms with Crippen molar-refractivity contribution in [3.8, 4) is 16.9 Å². The van der Waals surface area contributed by atoms with Crippen LogP contribution < -0.4 is 10.1 Å². The fraction of sp³-hybridized carbons (Fsp3) is 0.345. The second-order valence-electron chi connectivity index (χ2n) is 9.14. The highest BCUT2D eigenvalue weighted by Crippen LogP contribution is 2.53. The summed E-state index contributed by atoms with van der Waals surface area (Å²) in [7, 11) is 3.05. The first-order valence-electron chi connectivity index (χ1n) is 12.6. The quantitative estimate of drug-likeness (QED) is 0.185. The monoisotopic (exact) mass is 532 g/mol. The zero-order valence-corrected chi connectivity index (χ0v) is 22.9. The van der Waals surface area contributed by atoms with E-state index in [-0.39, 0.29) is 11.9 Å². The molecule has 2 heterocycles. The van der Waals surface area contributed by atoms with Gasteiger partial charge in [-0.2, -0.15) is 0 Å². The Balaban J connectivity index is 1.36. The van der Waals surface area contributed by atoms with Crippen LogP contribution in [0.25, 0.3) is 11.1 Å². The number of unbranched alkanes of at least 4 members (excludes halogenated alkanes) is 1. The highest BCUT2D eigenvalue weighted by molar-refractivity contribution is 7.15. The number of aryl methyl sites for hydroxylation is 2. The van der Waals surface area contributed by atoms with E-state index in [1.807, 2.05) is 56.3 Å². The number of methoxy groups -OCH3 is 2. The van der Waals surface area contributed by atoms with Gasteiger partial charge in [-0.15, -0.1) is 10.2 Å². The van der Waals surface area contributed by atoms with Crippen LogP contribution in [0.2, 0.25) is 0 Å². The predicted molar refractivity (Wildman–Crippen MR) is 148 cm³/mol. The average molecular weight is 533 g/mol. The molecule has 1 saturated carbocycles. The molecule has 1 aliphatic carbocycles. The second kappa shape index (κ2) is 12.1. The lowest BCUT2D eigenvalue weighted by Gasteiger charge is -2.13. The number of nitrogens with zero attached hydrogens (tertiary/aromatic N) is 3. The Morgan fingerprint density at radius 2 is 1.95 bits per heavy atom. The summed E-state index contributed by atoms with van der Waals surface area (Å²) in [5.41, 5.74) is 3.35. The van der Waals surface area contributed by atoms with Crippen LogP contribution in [0, 0.1) is 12.3 Å². The summed E-state index contributed by atoms with van der Waals surface area (Å²) in [5.74, 6) is 0.219. The first kappa shape index (κ1) is 27.2. The Morgan fingerprint density at radius 1 is 1.16 bits per heavy atom. The Morgan fingerprint density at radius 3 is 2.66 bits per heavy atom. The number of aromatic nitrogens is 3. The van der Waals surface area contributed by atoms with Gasteiger partial charge in [-0.3, -0.25) is 19.9 Å². The lowest BCUT2D eigenvalue weighted by molar-refractivity contribution is -0.145. The van der Waals surface area contributed by atoms with Crippen molar-refractivity contribution in [2.24, 2.45) is 5.41 Å². The van der Waals surface area contributed by atoms with E-state index in [0.717, 1.165) is 59.5 Å². The number of para-hydroxylation sites is 1. The molecule has 3 aromatic rings. The molecule has 0 radical (unpaired) electrons. The van der Waals surface area contributed by atoms with Gasteiger partial charge in [0.2, 0.25) is 5.13 Å². The van der Waals surface area contributed by atoms with E-state index in [4.69, 9.17) is 9.47 Å². The molecule has 0 spiro atoms. The first-order valence-corrected chi connectivity index (χ1v) is 13.4. The Kier molecular flexibility index (Phi) is 8.68. The van der Waals surface area contributed by atoms with Crippen molar-refractivity contribution in [2.75, 3.05) is 19.5 Å². The molecule has 9 heteroatoms. The summed E-state index contributed by atoms with van der Waals surface area (Å²) in [6.45, 7) is 3.83. The fourth-order valence-electron chi connectivity index (χ4n) is 4.44. The van der Waals surface area contributed by atoms with Crippen LogP contribution in [-0.4, -0.2) is 41.3 Å². The summed E-state index contributed by atoms with van der Waals surface area (Å²) in [4.78, 5) is 29.6. The highest BCUT2D eigenvalue weighted by atomic mass is 32.1. The molecule has 8 nitrogen and oxygen atoms in total. The molecular weight excluding hydrogens is 500 g/mol. The number of carbonyl (C=O) groups excluding carboxylic acids is 2. The van der Waals surface area contributed by atoms with Crippen molar-refractivity contribution in [1.29, 1.82) is 0 Å². The van der Waals surface area contributed by atoms with Gasteiger partial charge in [0.05, 0.1) is 25.2 Å². The molecular formula is C29H32N4O4S. The van der Waals surface area contributed by atoms with E-state index in [9.17, 15) is 9.59 Å². The van der Waals surface area contributed by atoms with Gasteiger partial charge in [-0.05, 0) is 57.2 Å². The molecule has 38 heavy (non-hydrogen) atoms. The number of hydrogen-bond donors (Lipinski definition) is 1. The fourth-order valence-corrected chi connectivity index (χ4v) is 5.22. The third kappa shape index (κ3) is 5.99. The van der Waals surface area contributed by atoms with E-state index in [0.29, 0.717) is 16.4 Å². The number of ether oxygens (including phenoxy) is 2. The van der Waals surface area contributed by atoms with Gasteiger partial charge in [-0.1, -0.05) is 47.8 Å². The maximum atomic E-state index is 13.2. The number of amides is 1. The van der Waals surface area contributed by atoms with Gasteiger partial charge in [0.15, 0.2) is 0 Å². The minimum Gasteiger partial charge on any atom is -0.496 e. The van der Waals surface area contributed by atoms with Crippen molar-refractivity contribution >= 4 is 28.3 Å². The van der Waals surface area contributed by atoms with Gasteiger partial charge < -0.3 is 9.47 Å². The van der Waals surface area contributed by atoms with Gasteiger partial charge in [0.1, 0.15) is 10.8 Å². The van der Waals surface area contributed by atoms with E-state index < -0.39 is 5.41 Å². The molecule has 0 unspecified atom stereocenters. The predicted octanol–water partition coefficient (Wildman–Crippen LogP) is 5.95. The van der Waals surface area contributed by atoms with Crippen molar-refractivity contribution in [3.05, 3.63) is 76.6 Å². The molecule has 1 fully saturated rings. The number of carbonyl (C=O) groups is 2. The number of anilines is 1. The van der Waals surface area contributed by atoms with Gasteiger partial charge in [-0.25, -0.2) is 0 Å². The molecule has 0 aliphatic heterocycles. The molecule has 198 valence electrons. The van der Waals surface area contributed by atoms with Crippen LogP contribution in [0.15, 0.2) is 60.3 Å². The summed E-state index contributed by atoms with van der Waals surface area (Å²) in [6.07, 6.45) is 11.8. The molecule has 1 amide bonds. The van der Waals surface area contributed by atoms with Gasteiger partial charge in [0.25, 0.3) is 5.91 Å². The number of esters is 1. The maximum absolute atomic E-state index is 13.2. The van der Waals surface area contributed by atoms with E-state index in [1.54, 1.807) is 13.3 Å². The van der Waals surface area contributed by atoms with Crippen LogP contribution >= 0.6 is 11.3 Å². The zero-order valence-electron chi connectivity index (χ0n) is 22.1. The Hall–Kier alpha value is -3.85. The van der Waals surface area contributed by atoms with Crippen molar-refractivity contribution in [1.82, 2.24) is 15.2 Å². The van der Waals surface area contributed by atoms with E-state index in [1.165, 1.54) is 18.4 Å². The van der Waals surface area contributed by atoms with Crippen LogP contribution in [0.3, 0.4) is 0 Å². The number of nitrogens with one attached hydrogen (secondary N) is 1. The van der Waals surface area contributed by atoms with Crippen molar-refractivity contribution < 1.29 is 19.1 Å². The first-order chi connectivity index (χ1) is 18.4. The molecule has 0 bridgehead atoms. The summed E-state index contributed by atoms with van der Waals surface area (Å²) >= 11 is 1.36. The molecule has 1 aromatic carbocycles. The number of pyridine rings is 1. The number of benzene rings is 1. The zero-order chi connectivity index (χ0) is 27.1. The number of allylic oxidation sites excluding steroid dienone is 3. The summed E-state index contributed by atoms with van der Waals surface area (Å²) in [6, 6.07) is 9.45. The SMILES string of the molecule is C/C=C(\C=C/CCCc1nnc(NC(=O)c2cnc(C)cc2-c2ccccc2OC)s1)C1(C(=O)OC)CC1. The lowest BCUT2D eigenvalue weighted by Crippen LogP contribution is -2.19. The minimum absolute atomic E-state index is 0.157. The van der Waals surface area contributed by atoms with Crippen LogP contribution in [0.5, 0.6) is 5.75 Å². The average Bonchev–Trinajstić information content (AvgIpc) is 3.62. The van der Waals surface area contributed by atoms with Gasteiger partial charge in [0, 0.05) is 29.4 Å². The van der Waals surface area contributed by atoms with Gasteiger partial charge >= 0.3 is 5.97 Å². The third-order valence-electron chi connectivity index (χ3n) is 6.62. The Bertz CT molecular complexity index is 1370. The molecule has 1 N–H and O–H groups in total. The van der Waals surface area contributed by atoms with Crippen molar-refractivity contribution in [3.63, 3.8) is 0 Å².